The van der Waals surface area contributed by atoms with E-state index in [0.717, 1.165) is 88.1 Å². The lowest BCUT2D eigenvalue weighted by molar-refractivity contribution is -0.141. The quantitative estimate of drug-likeness (QED) is 0.202. The van der Waals surface area contributed by atoms with Crippen molar-refractivity contribution < 1.29 is 34.0 Å². The van der Waals surface area contributed by atoms with Crippen molar-refractivity contribution in [2.24, 2.45) is 11.7 Å². The molecule has 1 saturated carbocycles. The lowest BCUT2D eigenvalue weighted by atomic mass is 9.65. The van der Waals surface area contributed by atoms with Crippen molar-refractivity contribution in [2.45, 2.75) is 69.1 Å². The maximum Gasteiger partial charge on any atom is 0.302 e. The van der Waals surface area contributed by atoms with Gasteiger partial charge in [0.2, 0.25) is 0 Å². The molecule has 3 aromatic rings. The van der Waals surface area contributed by atoms with Crippen LogP contribution in [0.2, 0.25) is 0 Å². The summed E-state index contributed by atoms with van der Waals surface area (Å²) >= 11 is 0. The second kappa shape index (κ2) is 11.8. The highest BCUT2D eigenvalue weighted by Gasteiger charge is 2.51. The molecule has 8 rings (SSSR count). The highest BCUT2D eigenvalue weighted by molar-refractivity contribution is 5.84. The molecule has 4 bridgehead atoms. The summed E-state index contributed by atoms with van der Waals surface area (Å²) in [5, 5.41) is 25.0. The van der Waals surface area contributed by atoms with E-state index in [0.29, 0.717) is 23.8 Å². The fraction of sp³-hybridized carbons (Fsp3) is 0.375. The first-order valence-electron chi connectivity index (χ1n) is 16.9. The maximum absolute atomic E-state index is 12.2. The molecule has 0 radical (unpaired) electrons. The number of methoxy groups -OCH3 is 2. The fourth-order valence-corrected chi connectivity index (χ4v) is 8.95. The van der Waals surface area contributed by atoms with Crippen LogP contribution in [0.15, 0.2) is 59.8 Å². The minimum atomic E-state index is -0.548. The molecule has 5 N–H and O–H groups in total. The predicted octanol–water partition coefficient (Wildman–Crippen LogP) is 5.80. The van der Waals surface area contributed by atoms with E-state index in [-0.39, 0.29) is 41.6 Å². The zero-order valence-electron chi connectivity index (χ0n) is 27.9. The Morgan fingerprint density at radius 1 is 1.10 bits per heavy atom. The third-order valence-corrected chi connectivity index (χ3v) is 11.0. The molecule has 1 spiro atoms. The number of allylic oxidation sites excluding steroid dienone is 3. The molecule has 9 nitrogen and oxygen atoms in total. The largest absolute Gasteiger partial charge is 0.508 e. The number of hydrogen-bond donors (Lipinski definition) is 4. The molecular formula is C40H40N2O7. The fourth-order valence-electron chi connectivity index (χ4n) is 8.95. The molecule has 0 saturated heterocycles. The first kappa shape index (κ1) is 31.2. The number of nitrogens with one attached hydrogen (secondary N) is 1. The normalized spacial score (nSPS) is 25.6. The van der Waals surface area contributed by atoms with Crippen molar-refractivity contribution in [3.05, 3.63) is 87.6 Å². The molecule has 5 atom stereocenters. The van der Waals surface area contributed by atoms with Crippen LogP contribution in [-0.2, 0) is 27.8 Å². The van der Waals surface area contributed by atoms with Crippen LogP contribution < -0.4 is 25.3 Å². The number of esters is 1. The predicted molar refractivity (Wildman–Crippen MR) is 184 cm³/mol. The smallest absolute Gasteiger partial charge is 0.302 e. The van der Waals surface area contributed by atoms with E-state index in [1.807, 2.05) is 18.2 Å². The van der Waals surface area contributed by atoms with Crippen LogP contribution in [-0.4, -0.2) is 43.2 Å². The molecule has 3 aliphatic heterocycles. The van der Waals surface area contributed by atoms with Gasteiger partial charge in [-0.3, -0.25) is 4.79 Å². The number of carbonyl (C=O) groups excluding carboxylic acids is 1. The Balaban J connectivity index is 1.39. The van der Waals surface area contributed by atoms with Crippen molar-refractivity contribution in [2.75, 3.05) is 20.8 Å². The van der Waals surface area contributed by atoms with Gasteiger partial charge < -0.3 is 40.2 Å². The number of phenolic OH excluding ortho intramolecular Hbond substituents is 2. The molecular weight excluding hydrogens is 620 g/mol. The van der Waals surface area contributed by atoms with Crippen molar-refractivity contribution >= 4 is 5.97 Å². The van der Waals surface area contributed by atoms with Gasteiger partial charge in [0.25, 0.3) is 0 Å². The summed E-state index contributed by atoms with van der Waals surface area (Å²) in [7, 11) is 3.15. The Kier molecular flexibility index (Phi) is 7.53. The highest BCUT2D eigenvalue weighted by Crippen LogP contribution is 2.62. The van der Waals surface area contributed by atoms with Crippen molar-refractivity contribution in [1.29, 1.82) is 0 Å². The summed E-state index contributed by atoms with van der Waals surface area (Å²) in [5.41, 5.74) is 14.7. The number of aromatic hydroxyl groups is 2. The number of ether oxygens (including phenoxy) is 4. The first-order valence-corrected chi connectivity index (χ1v) is 16.9. The number of phenols is 2. The van der Waals surface area contributed by atoms with Gasteiger partial charge in [0.15, 0.2) is 11.5 Å². The Bertz CT molecular complexity index is 2020. The van der Waals surface area contributed by atoms with Crippen LogP contribution in [0.3, 0.4) is 0 Å². The summed E-state index contributed by atoms with van der Waals surface area (Å²) in [6.07, 6.45) is 7.97. The zero-order valence-corrected chi connectivity index (χ0v) is 27.9. The molecule has 9 heteroatoms. The van der Waals surface area contributed by atoms with E-state index in [1.165, 1.54) is 14.0 Å². The maximum atomic E-state index is 12.2. The molecule has 2 aliphatic carbocycles. The highest BCUT2D eigenvalue weighted by atomic mass is 16.5. The van der Waals surface area contributed by atoms with Crippen LogP contribution in [0, 0.1) is 17.8 Å². The number of fused-ring (bicyclic) bond motifs is 6. The number of dihydropyridines is 1. The van der Waals surface area contributed by atoms with E-state index in [4.69, 9.17) is 24.7 Å². The van der Waals surface area contributed by atoms with Gasteiger partial charge in [-0.05, 0) is 90.5 Å². The average molecular weight is 661 g/mol. The van der Waals surface area contributed by atoms with Gasteiger partial charge in [-0.1, -0.05) is 24.1 Å². The van der Waals surface area contributed by atoms with Crippen LogP contribution in [0.5, 0.6) is 28.7 Å². The van der Waals surface area contributed by atoms with Gasteiger partial charge in [-0.15, -0.1) is 0 Å². The van der Waals surface area contributed by atoms with Crippen LogP contribution in [0.25, 0.3) is 11.1 Å². The van der Waals surface area contributed by atoms with Crippen molar-refractivity contribution in [3.63, 3.8) is 0 Å². The van der Waals surface area contributed by atoms with Gasteiger partial charge in [0.1, 0.15) is 30.0 Å². The number of hydrogen-bond acceptors (Lipinski definition) is 9. The summed E-state index contributed by atoms with van der Waals surface area (Å²) < 4.78 is 24.3. The minimum Gasteiger partial charge on any atom is -0.508 e. The molecule has 3 aromatic carbocycles. The lowest BCUT2D eigenvalue weighted by Gasteiger charge is -2.39. The van der Waals surface area contributed by atoms with Crippen LogP contribution in [0.4, 0.5) is 0 Å². The topological polar surface area (TPSA) is 133 Å². The summed E-state index contributed by atoms with van der Waals surface area (Å²) in [6.45, 7) is 1.53. The van der Waals surface area contributed by atoms with Gasteiger partial charge in [-0.2, -0.15) is 0 Å². The molecule has 0 amide bonds. The van der Waals surface area contributed by atoms with E-state index < -0.39 is 6.10 Å². The van der Waals surface area contributed by atoms with Crippen LogP contribution in [0.1, 0.15) is 72.4 Å². The molecule has 252 valence electrons. The Morgan fingerprint density at radius 2 is 1.94 bits per heavy atom. The monoisotopic (exact) mass is 660 g/mol. The van der Waals surface area contributed by atoms with Crippen molar-refractivity contribution in [1.82, 2.24) is 5.32 Å². The summed E-state index contributed by atoms with van der Waals surface area (Å²) in [5.74, 6) is 8.32. The molecule has 1 fully saturated rings. The number of carbonyl (C=O) groups is 1. The molecule has 3 heterocycles. The zero-order chi connectivity index (χ0) is 34.0. The number of rotatable bonds is 4. The summed E-state index contributed by atoms with van der Waals surface area (Å²) in [6, 6.07) is 11.3. The lowest BCUT2D eigenvalue weighted by Crippen LogP contribution is -2.37. The standard InChI is InChI=1S/C40H40N2O7/c1-21(43)48-20-30-27-8-9-28-36-25(14-26(44)16-34(36)47-3)19-40-12-11-22(18-40)13-24-7-10-35(41)42-31(24)6-4-5-23-15-32(45)33(46-2)17-29(23)38(30)49-39(27)37(28)40/h7-10,14-17,22,30,35,38,42,44-45H,5,11-13,18-20,41H2,1-3H3/t22-,30+,35?,38-,40-/m1/s1. The van der Waals surface area contributed by atoms with Gasteiger partial charge in [0.05, 0.1) is 32.0 Å². The van der Waals surface area contributed by atoms with Gasteiger partial charge >= 0.3 is 5.97 Å². The van der Waals surface area contributed by atoms with E-state index in [2.05, 4.69) is 35.4 Å². The Hall–Kier alpha value is -5.07. The molecule has 5 aliphatic rings. The van der Waals surface area contributed by atoms with Crippen LogP contribution >= 0.6 is 0 Å². The van der Waals surface area contributed by atoms with E-state index >= 15 is 0 Å². The SMILES string of the molecule is COc1cc2c(cc1O)CC#CC1=C(C=CC(N)N1)C[C@H]1CC[C@]3(Cc4cc(O)cc(OC)c4-c4ccc5c(c43)O[C@H]2[C@H]5COC(C)=O)C1. The van der Waals surface area contributed by atoms with E-state index in [1.54, 1.807) is 19.2 Å². The molecule has 0 aromatic heterocycles. The molecule has 1 unspecified atom stereocenters. The second-order valence-electron chi connectivity index (χ2n) is 13.9. The molecule has 49 heavy (non-hydrogen) atoms. The average Bonchev–Trinajstić information content (AvgIpc) is 3.64. The number of nitrogens with two attached hydrogens (primary N) is 1. The third-order valence-electron chi connectivity index (χ3n) is 11.0. The van der Waals surface area contributed by atoms with Gasteiger partial charge in [-0.25, -0.2) is 0 Å². The van der Waals surface area contributed by atoms with Gasteiger partial charge in [0, 0.05) is 47.1 Å². The number of benzene rings is 3. The van der Waals surface area contributed by atoms with E-state index in [9.17, 15) is 15.0 Å². The Labute approximate surface area is 285 Å². The second-order valence-corrected chi connectivity index (χ2v) is 13.9. The third kappa shape index (κ3) is 5.17. The Morgan fingerprint density at radius 3 is 2.73 bits per heavy atom. The van der Waals surface area contributed by atoms with Crippen molar-refractivity contribution in [3.8, 4) is 51.7 Å². The minimum absolute atomic E-state index is 0.00858. The summed E-state index contributed by atoms with van der Waals surface area (Å²) in [4.78, 5) is 12.2. The first-order chi connectivity index (χ1) is 23.7.